The van der Waals surface area contributed by atoms with E-state index in [9.17, 15) is 0 Å². The number of hydrogen-bond acceptors (Lipinski definition) is 0. The Bertz CT molecular complexity index is 49.7. The highest BCUT2D eigenvalue weighted by atomic mass is 27.0. The largest absolute Gasteiger partial charge is 0.187 e. The van der Waals surface area contributed by atoms with Gasteiger partial charge in [-0.05, 0) is 11.8 Å². The van der Waals surface area contributed by atoms with Gasteiger partial charge in [0, 0.05) is 0 Å². The van der Waals surface area contributed by atoms with Gasteiger partial charge in [-0.15, -0.1) is 0 Å². The van der Waals surface area contributed by atoms with Gasteiger partial charge >= 0.3 is 0 Å². The van der Waals surface area contributed by atoms with Gasteiger partial charge < -0.3 is 0 Å². The van der Waals surface area contributed by atoms with E-state index in [4.69, 9.17) is 0 Å². The third-order valence-electron chi connectivity index (χ3n) is 1.56. The average molecular weight is 158 g/mol. The molecule has 0 aromatic rings. The Labute approximate surface area is 76.5 Å². The van der Waals surface area contributed by atoms with E-state index in [0.29, 0.717) is 0 Å². The second-order valence-electron chi connectivity index (χ2n) is 3.72. The van der Waals surface area contributed by atoms with Crippen LogP contribution in [0, 0.1) is 11.8 Å². The first-order valence-corrected chi connectivity index (χ1v) is 4.13. The van der Waals surface area contributed by atoms with Crippen molar-refractivity contribution in [3.8, 4) is 0 Å². The topological polar surface area (TPSA) is 0 Å². The predicted molar refractivity (Wildman–Crippen MR) is 53.5 cm³/mol. The van der Waals surface area contributed by atoms with Crippen molar-refractivity contribution in [3.05, 3.63) is 0 Å². The lowest BCUT2D eigenvalue weighted by Gasteiger charge is -2.05. The molecular weight excluding hydrogens is 135 g/mol. The summed E-state index contributed by atoms with van der Waals surface area (Å²) in [6, 6.07) is 0. The van der Waals surface area contributed by atoms with Crippen LogP contribution in [0.5, 0.6) is 0 Å². The van der Waals surface area contributed by atoms with Crippen molar-refractivity contribution in [3.63, 3.8) is 0 Å². The summed E-state index contributed by atoms with van der Waals surface area (Å²) in [7, 11) is 0. The summed E-state index contributed by atoms with van der Waals surface area (Å²) >= 11 is 0. The van der Waals surface area contributed by atoms with Crippen LogP contribution >= 0.6 is 0 Å². The molecule has 0 amide bonds. The molecule has 0 saturated heterocycles. The summed E-state index contributed by atoms with van der Waals surface area (Å²) in [5, 5.41) is 0. The van der Waals surface area contributed by atoms with E-state index >= 15 is 0 Å². The molecule has 0 nitrogen and oxygen atoms in total. The summed E-state index contributed by atoms with van der Waals surface area (Å²) in [4.78, 5) is 0. The summed E-state index contributed by atoms with van der Waals surface area (Å²) in [5.74, 6) is 1.78. The summed E-state index contributed by atoms with van der Waals surface area (Å²) in [6.45, 7) is 9.17. The molecule has 1 heteroatoms. The molecule has 0 unspecified atom stereocenters. The zero-order valence-corrected chi connectivity index (χ0v) is 7.28. The minimum Gasteiger partial charge on any atom is -0.0628 e. The first kappa shape index (κ1) is 13.1. The molecule has 0 radical (unpaired) electrons. The highest BCUT2D eigenvalue weighted by Gasteiger charge is 1.95. The SMILES string of the molecule is CC(C)CCCC(C)C.[AlH3]. The zero-order chi connectivity index (χ0) is 7.28. The molecule has 0 spiro atoms. The van der Waals surface area contributed by atoms with Gasteiger partial charge in [0.25, 0.3) is 0 Å². The van der Waals surface area contributed by atoms with Crippen LogP contribution in [0.3, 0.4) is 0 Å². The van der Waals surface area contributed by atoms with Crippen molar-refractivity contribution in [2.24, 2.45) is 11.8 Å². The Morgan fingerprint density at radius 2 is 1.10 bits per heavy atom. The van der Waals surface area contributed by atoms with Crippen LogP contribution in [-0.4, -0.2) is 17.4 Å². The Morgan fingerprint density at radius 3 is 1.30 bits per heavy atom. The maximum atomic E-state index is 2.29. The van der Waals surface area contributed by atoms with Crippen LogP contribution in [0.1, 0.15) is 47.0 Å². The van der Waals surface area contributed by atoms with E-state index in [1.54, 1.807) is 0 Å². The van der Waals surface area contributed by atoms with Gasteiger partial charge in [-0.25, -0.2) is 0 Å². The molecule has 0 aromatic carbocycles. The lowest BCUT2D eigenvalue weighted by Crippen LogP contribution is -1.90. The van der Waals surface area contributed by atoms with Gasteiger partial charge in [0.1, 0.15) is 0 Å². The lowest BCUT2D eigenvalue weighted by atomic mass is 10.0. The van der Waals surface area contributed by atoms with Gasteiger partial charge in [-0.1, -0.05) is 47.0 Å². The van der Waals surface area contributed by atoms with Crippen LogP contribution in [0.25, 0.3) is 0 Å². The zero-order valence-electron chi connectivity index (χ0n) is 7.28. The van der Waals surface area contributed by atoms with Gasteiger partial charge in [0.2, 0.25) is 0 Å². The summed E-state index contributed by atoms with van der Waals surface area (Å²) < 4.78 is 0. The molecule has 0 heterocycles. The summed E-state index contributed by atoms with van der Waals surface area (Å²) in [5.41, 5.74) is 0. The molecule has 62 valence electrons. The second-order valence-corrected chi connectivity index (χ2v) is 3.72. The minimum atomic E-state index is 0. The Hall–Kier alpha value is 0.532. The van der Waals surface area contributed by atoms with Crippen molar-refractivity contribution < 1.29 is 0 Å². The quantitative estimate of drug-likeness (QED) is 0.551. The van der Waals surface area contributed by atoms with E-state index in [2.05, 4.69) is 27.7 Å². The van der Waals surface area contributed by atoms with Gasteiger partial charge in [0.05, 0.1) is 0 Å². The maximum absolute atomic E-state index is 2.29. The fourth-order valence-corrected chi connectivity index (χ4v) is 0.934. The average Bonchev–Trinajstić information content (AvgIpc) is 1.63. The molecule has 0 bridgehead atoms. The first-order valence-electron chi connectivity index (χ1n) is 4.13. The normalized spacial score (nSPS) is 10.2. The smallest absolute Gasteiger partial charge is 0.0628 e. The Kier molecular flexibility index (Phi) is 10.0. The van der Waals surface area contributed by atoms with Crippen LogP contribution in [0.2, 0.25) is 0 Å². The van der Waals surface area contributed by atoms with Crippen molar-refractivity contribution in [1.29, 1.82) is 0 Å². The molecule has 0 saturated carbocycles. The van der Waals surface area contributed by atoms with Crippen molar-refractivity contribution >= 4 is 17.4 Å². The Morgan fingerprint density at radius 1 is 0.800 bits per heavy atom. The van der Waals surface area contributed by atoms with Gasteiger partial charge in [-0.3, -0.25) is 0 Å². The highest BCUT2D eigenvalue weighted by Crippen LogP contribution is 2.10. The van der Waals surface area contributed by atoms with E-state index in [1.165, 1.54) is 19.3 Å². The molecule has 0 atom stereocenters. The van der Waals surface area contributed by atoms with Crippen LogP contribution < -0.4 is 0 Å². The first-order chi connectivity index (χ1) is 4.13. The highest BCUT2D eigenvalue weighted by molar-refractivity contribution is 5.75. The van der Waals surface area contributed by atoms with Crippen LogP contribution in [0.4, 0.5) is 0 Å². The predicted octanol–water partition coefficient (Wildman–Crippen LogP) is 2.28. The van der Waals surface area contributed by atoms with E-state index in [1.807, 2.05) is 0 Å². The third-order valence-corrected chi connectivity index (χ3v) is 1.56. The number of hydrogen-bond donors (Lipinski definition) is 0. The molecule has 0 fully saturated rings. The van der Waals surface area contributed by atoms with E-state index in [0.717, 1.165) is 11.8 Å². The van der Waals surface area contributed by atoms with Crippen molar-refractivity contribution in [2.75, 3.05) is 0 Å². The maximum Gasteiger partial charge on any atom is 0.187 e. The minimum absolute atomic E-state index is 0. The molecule has 0 aliphatic heterocycles. The standard InChI is InChI=1S/C9H20.Al.3H/c1-8(2)6-5-7-9(3)4;;;;/h8-9H,5-7H2,1-4H3;;;;. The molecule has 10 heavy (non-hydrogen) atoms. The summed E-state index contributed by atoms with van der Waals surface area (Å²) in [6.07, 6.45) is 4.21. The fraction of sp³-hybridized carbons (Fsp3) is 1.00. The monoisotopic (exact) mass is 158 g/mol. The number of rotatable bonds is 4. The molecule has 0 N–H and O–H groups in total. The molecule has 0 rings (SSSR count). The van der Waals surface area contributed by atoms with Gasteiger partial charge in [0.15, 0.2) is 17.4 Å². The van der Waals surface area contributed by atoms with Crippen molar-refractivity contribution in [2.45, 2.75) is 47.0 Å². The molecule has 0 aromatic heterocycles. The van der Waals surface area contributed by atoms with Crippen molar-refractivity contribution in [1.82, 2.24) is 0 Å². The lowest BCUT2D eigenvalue weighted by molar-refractivity contribution is 0.480. The Balaban J connectivity index is 0. The molecule has 0 aliphatic rings. The van der Waals surface area contributed by atoms with Crippen LogP contribution in [-0.2, 0) is 0 Å². The third kappa shape index (κ3) is 11.3. The molecule has 0 aliphatic carbocycles. The van der Waals surface area contributed by atoms with E-state index < -0.39 is 0 Å². The second kappa shape index (κ2) is 7.64. The molecular formula is C9H23Al. The van der Waals surface area contributed by atoms with E-state index in [-0.39, 0.29) is 17.4 Å². The van der Waals surface area contributed by atoms with Gasteiger partial charge in [-0.2, -0.15) is 0 Å². The van der Waals surface area contributed by atoms with Crippen LogP contribution in [0.15, 0.2) is 0 Å². The fourth-order valence-electron chi connectivity index (χ4n) is 0.934.